The number of carbonyl (C=O) groups is 2. The minimum atomic E-state index is -0.976. The van der Waals surface area contributed by atoms with Crippen molar-refractivity contribution in [3.8, 4) is 0 Å². The third-order valence-corrected chi connectivity index (χ3v) is 6.69. The van der Waals surface area contributed by atoms with Crippen molar-refractivity contribution in [3.63, 3.8) is 0 Å². The fourth-order valence-corrected chi connectivity index (χ4v) is 4.86. The van der Waals surface area contributed by atoms with Gasteiger partial charge in [-0.2, -0.15) is 9.78 Å². The number of nitrogens with zero attached hydrogens (tertiary/aromatic N) is 4. The first-order valence-electron chi connectivity index (χ1n) is 11.8. The van der Waals surface area contributed by atoms with Crippen LogP contribution in [0.1, 0.15) is 31.2 Å². The van der Waals surface area contributed by atoms with Gasteiger partial charge in [-0.25, -0.2) is 14.2 Å². The predicted octanol–water partition coefficient (Wildman–Crippen LogP) is 3.78. The summed E-state index contributed by atoms with van der Waals surface area (Å²) in [4.78, 5) is 32.9. The smallest absolute Gasteiger partial charge is 0.348 e. The van der Waals surface area contributed by atoms with Gasteiger partial charge in [0.25, 0.3) is 0 Å². The molecule has 9 nitrogen and oxygen atoms in total. The van der Waals surface area contributed by atoms with E-state index in [-0.39, 0.29) is 11.7 Å². The molecule has 1 aromatic carbocycles. The SMILES string of the molecule is O=C(Nc1ccc(N2CCOCC2)nc1)n1nccc1NC(=O)C1(c2ccccc2F)CCCC1. The second-order valence-corrected chi connectivity index (χ2v) is 8.79. The van der Waals surface area contributed by atoms with Crippen LogP contribution < -0.4 is 15.5 Å². The van der Waals surface area contributed by atoms with E-state index in [0.29, 0.717) is 37.3 Å². The lowest BCUT2D eigenvalue weighted by Gasteiger charge is -2.28. The van der Waals surface area contributed by atoms with E-state index in [9.17, 15) is 14.0 Å². The zero-order valence-corrected chi connectivity index (χ0v) is 19.2. The third-order valence-electron chi connectivity index (χ3n) is 6.69. The molecule has 2 N–H and O–H groups in total. The molecule has 0 unspecified atom stereocenters. The first-order valence-corrected chi connectivity index (χ1v) is 11.8. The van der Waals surface area contributed by atoms with Crippen LogP contribution in [0, 0.1) is 5.82 Å². The number of anilines is 3. The highest BCUT2D eigenvalue weighted by Crippen LogP contribution is 2.43. The van der Waals surface area contributed by atoms with E-state index in [1.807, 2.05) is 6.07 Å². The van der Waals surface area contributed by atoms with Crippen LogP contribution >= 0.6 is 0 Å². The number of benzene rings is 1. The molecule has 1 saturated heterocycles. The summed E-state index contributed by atoms with van der Waals surface area (Å²) in [6.45, 7) is 2.85. The molecule has 2 aromatic heterocycles. The van der Waals surface area contributed by atoms with Crippen molar-refractivity contribution in [2.24, 2.45) is 0 Å². The number of pyridine rings is 1. The van der Waals surface area contributed by atoms with Gasteiger partial charge in [-0.05, 0) is 31.0 Å². The Hall–Kier alpha value is -3.79. The van der Waals surface area contributed by atoms with Gasteiger partial charge in [0.15, 0.2) is 0 Å². The highest BCUT2D eigenvalue weighted by atomic mass is 19.1. The molecule has 1 aliphatic heterocycles. The van der Waals surface area contributed by atoms with Crippen molar-refractivity contribution >= 4 is 29.3 Å². The normalized spacial score (nSPS) is 17.2. The van der Waals surface area contributed by atoms with Gasteiger partial charge in [-0.1, -0.05) is 31.0 Å². The largest absolute Gasteiger partial charge is 0.378 e. The molecule has 1 aliphatic carbocycles. The van der Waals surface area contributed by atoms with Gasteiger partial charge < -0.3 is 20.3 Å². The van der Waals surface area contributed by atoms with E-state index in [0.717, 1.165) is 36.4 Å². The number of hydrogen-bond acceptors (Lipinski definition) is 6. The monoisotopic (exact) mass is 478 g/mol. The minimum absolute atomic E-state index is 0.216. The number of morpholine rings is 1. The number of ether oxygens (including phenoxy) is 1. The molecule has 0 spiro atoms. The van der Waals surface area contributed by atoms with Gasteiger partial charge >= 0.3 is 6.03 Å². The third kappa shape index (κ3) is 4.61. The summed E-state index contributed by atoms with van der Waals surface area (Å²) >= 11 is 0. The van der Waals surface area contributed by atoms with E-state index < -0.39 is 17.3 Å². The Kier molecular flexibility index (Phi) is 6.45. The number of amides is 2. The number of aromatic nitrogens is 3. The maximum Gasteiger partial charge on any atom is 0.348 e. The Bertz CT molecular complexity index is 1200. The quantitative estimate of drug-likeness (QED) is 0.579. The fraction of sp³-hybridized carbons (Fsp3) is 0.360. The molecule has 2 amide bonds. The van der Waals surface area contributed by atoms with Crippen LogP contribution in [-0.4, -0.2) is 53.0 Å². The molecule has 0 radical (unpaired) electrons. The summed E-state index contributed by atoms with van der Waals surface area (Å²) in [7, 11) is 0. The summed E-state index contributed by atoms with van der Waals surface area (Å²) < 4.78 is 21.1. The van der Waals surface area contributed by atoms with Crippen LogP contribution in [0.15, 0.2) is 54.9 Å². The van der Waals surface area contributed by atoms with Gasteiger partial charge in [0, 0.05) is 24.7 Å². The maximum absolute atomic E-state index is 14.6. The molecule has 2 fully saturated rings. The molecule has 10 heteroatoms. The zero-order valence-electron chi connectivity index (χ0n) is 19.2. The van der Waals surface area contributed by atoms with E-state index in [2.05, 4.69) is 25.6 Å². The van der Waals surface area contributed by atoms with Gasteiger partial charge in [0.2, 0.25) is 5.91 Å². The Labute approximate surface area is 202 Å². The van der Waals surface area contributed by atoms with Crippen LogP contribution in [0.4, 0.5) is 26.5 Å². The van der Waals surface area contributed by atoms with Gasteiger partial charge in [-0.15, -0.1) is 0 Å². The Morgan fingerprint density at radius 2 is 1.77 bits per heavy atom. The van der Waals surface area contributed by atoms with Crippen molar-refractivity contribution in [2.45, 2.75) is 31.1 Å². The number of hydrogen-bond donors (Lipinski definition) is 2. The van der Waals surface area contributed by atoms with Gasteiger partial charge in [0.1, 0.15) is 17.5 Å². The van der Waals surface area contributed by atoms with Crippen molar-refractivity contribution < 1.29 is 18.7 Å². The summed E-state index contributed by atoms with van der Waals surface area (Å²) in [6.07, 6.45) is 5.75. The number of carbonyl (C=O) groups excluding carboxylic acids is 2. The van der Waals surface area contributed by atoms with E-state index in [1.54, 1.807) is 36.5 Å². The van der Waals surface area contributed by atoms with Crippen LogP contribution in [0.2, 0.25) is 0 Å². The maximum atomic E-state index is 14.6. The molecule has 35 heavy (non-hydrogen) atoms. The van der Waals surface area contributed by atoms with Crippen LogP contribution in [0.25, 0.3) is 0 Å². The number of nitrogens with one attached hydrogen (secondary N) is 2. The first kappa shape index (κ1) is 23.0. The van der Waals surface area contributed by atoms with E-state index >= 15 is 0 Å². The Morgan fingerprint density at radius 3 is 2.49 bits per heavy atom. The molecule has 182 valence electrons. The minimum Gasteiger partial charge on any atom is -0.378 e. The first-order chi connectivity index (χ1) is 17.1. The van der Waals surface area contributed by atoms with Gasteiger partial charge in [0.05, 0.1) is 36.7 Å². The Balaban J connectivity index is 1.30. The average Bonchev–Trinajstić information content (AvgIpc) is 3.56. The molecule has 5 rings (SSSR count). The van der Waals surface area contributed by atoms with Crippen LogP contribution in [0.3, 0.4) is 0 Å². The summed E-state index contributed by atoms with van der Waals surface area (Å²) in [5, 5.41) is 9.64. The van der Waals surface area contributed by atoms with Crippen molar-refractivity contribution in [2.75, 3.05) is 41.8 Å². The lowest BCUT2D eigenvalue weighted by Crippen LogP contribution is -2.39. The molecule has 3 heterocycles. The predicted molar refractivity (Wildman–Crippen MR) is 129 cm³/mol. The topological polar surface area (TPSA) is 101 Å². The molecule has 3 aromatic rings. The fourth-order valence-electron chi connectivity index (χ4n) is 4.86. The average molecular weight is 479 g/mol. The second-order valence-electron chi connectivity index (χ2n) is 8.79. The van der Waals surface area contributed by atoms with E-state index in [4.69, 9.17) is 4.74 Å². The molecule has 0 bridgehead atoms. The zero-order chi connectivity index (χ0) is 24.3. The molecule has 2 aliphatic rings. The highest BCUT2D eigenvalue weighted by molar-refractivity contribution is 6.01. The Morgan fingerprint density at radius 1 is 1.00 bits per heavy atom. The van der Waals surface area contributed by atoms with Crippen molar-refractivity contribution in [1.29, 1.82) is 0 Å². The van der Waals surface area contributed by atoms with Crippen molar-refractivity contribution in [1.82, 2.24) is 14.8 Å². The standard InChI is InChI=1S/C25H27FN6O3/c26-20-6-2-1-5-19(20)25(10-3-4-11-25)23(33)30-22-9-12-28-32(22)24(34)29-18-7-8-21(27-17-18)31-13-15-35-16-14-31/h1-2,5-9,12,17H,3-4,10-11,13-16H2,(H,29,34)(H,30,33). The van der Waals surface area contributed by atoms with Crippen molar-refractivity contribution in [3.05, 3.63) is 66.2 Å². The summed E-state index contributed by atoms with van der Waals surface area (Å²) in [6, 6.07) is 11.0. The van der Waals surface area contributed by atoms with Crippen LogP contribution in [-0.2, 0) is 14.9 Å². The van der Waals surface area contributed by atoms with E-state index in [1.165, 1.54) is 12.3 Å². The lowest BCUT2D eigenvalue weighted by molar-refractivity contribution is -0.121. The molecular formula is C25H27FN6O3. The lowest BCUT2D eigenvalue weighted by atomic mass is 9.77. The number of halogens is 1. The molecule has 0 atom stereocenters. The molecular weight excluding hydrogens is 451 g/mol. The van der Waals surface area contributed by atoms with Gasteiger partial charge in [-0.3, -0.25) is 4.79 Å². The highest BCUT2D eigenvalue weighted by Gasteiger charge is 2.44. The summed E-state index contributed by atoms with van der Waals surface area (Å²) in [5.41, 5.74) is -0.0914. The van der Waals surface area contributed by atoms with Crippen LogP contribution in [0.5, 0.6) is 0 Å². The summed E-state index contributed by atoms with van der Waals surface area (Å²) in [5.74, 6) is 0.288. The molecule has 1 saturated carbocycles. The second kappa shape index (κ2) is 9.83. The number of rotatable bonds is 5.